The van der Waals surface area contributed by atoms with E-state index in [-0.39, 0.29) is 5.92 Å². The summed E-state index contributed by atoms with van der Waals surface area (Å²) in [5.41, 5.74) is 12.9. The molecule has 4 aromatic carbocycles. The molecule has 0 saturated heterocycles. The van der Waals surface area contributed by atoms with Crippen molar-refractivity contribution in [2.75, 3.05) is 0 Å². The van der Waals surface area contributed by atoms with Gasteiger partial charge >= 0.3 is 0 Å². The highest BCUT2D eigenvalue weighted by molar-refractivity contribution is 6.08. The van der Waals surface area contributed by atoms with Gasteiger partial charge in [-0.15, -0.1) is 0 Å². The highest BCUT2D eigenvalue weighted by Gasteiger charge is 2.25. The Morgan fingerprint density at radius 2 is 1.63 bits per heavy atom. The summed E-state index contributed by atoms with van der Waals surface area (Å²) in [4.78, 5) is 0. The fourth-order valence-corrected chi connectivity index (χ4v) is 7.58. The van der Waals surface area contributed by atoms with Crippen LogP contribution in [0.3, 0.4) is 0 Å². The summed E-state index contributed by atoms with van der Waals surface area (Å²) in [7, 11) is 0. The van der Waals surface area contributed by atoms with Crippen LogP contribution >= 0.6 is 0 Å². The van der Waals surface area contributed by atoms with E-state index in [2.05, 4.69) is 102 Å². The summed E-state index contributed by atoms with van der Waals surface area (Å²) in [5, 5.41) is 32.1. The van der Waals surface area contributed by atoms with Gasteiger partial charge in [0.25, 0.3) is 0 Å². The third kappa shape index (κ3) is 5.50. The second kappa shape index (κ2) is 14.0. The van der Waals surface area contributed by atoms with Crippen molar-refractivity contribution < 1.29 is 0 Å². The van der Waals surface area contributed by atoms with E-state index in [0.29, 0.717) is 17.5 Å². The summed E-state index contributed by atoms with van der Waals surface area (Å²) in [6.45, 7) is 12.1. The van der Waals surface area contributed by atoms with E-state index < -0.39 is 0 Å². The Morgan fingerprint density at radius 1 is 0.827 bits per heavy atom. The highest BCUT2D eigenvalue weighted by Crippen LogP contribution is 2.41. The highest BCUT2D eigenvalue weighted by atomic mass is 15.0. The van der Waals surface area contributed by atoms with Gasteiger partial charge in [0.15, 0.2) is 0 Å². The van der Waals surface area contributed by atoms with Gasteiger partial charge in [0.05, 0.1) is 45.9 Å². The maximum atomic E-state index is 10.5. The van der Waals surface area contributed by atoms with Crippen molar-refractivity contribution >= 4 is 45.1 Å². The minimum Gasteiger partial charge on any atom is -0.311 e. The Balaban J connectivity index is 1.43. The molecule has 2 heterocycles. The van der Waals surface area contributed by atoms with E-state index in [9.17, 15) is 15.8 Å². The van der Waals surface area contributed by atoms with Gasteiger partial charge in [0.2, 0.25) is 0 Å². The van der Waals surface area contributed by atoms with E-state index in [1.165, 1.54) is 0 Å². The van der Waals surface area contributed by atoms with Crippen LogP contribution < -0.4 is 0 Å². The molecule has 248 valence electrons. The average molecular weight is 670 g/mol. The molecule has 0 radical (unpaired) electrons. The summed E-state index contributed by atoms with van der Waals surface area (Å²) in [5.74, 6) is -0.224. The summed E-state index contributed by atoms with van der Waals surface area (Å²) < 4.78 is 4.42. The molecule has 1 unspecified atom stereocenters. The molecule has 5 nitrogen and oxygen atoms in total. The van der Waals surface area contributed by atoms with Gasteiger partial charge in [0.1, 0.15) is 6.07 Å². The Hall–Kier alpha value is -7.13. The molecule has 1 atom stereocenters. The summed E-state index contributed by atoms with van der Waals surface area (Å²) in [6, 6.07) is 35.5. The molecule has 5 heteroatoms. The Bertz CT molecular complexity index is 2700. The number of para-hydroxylation sites is 2. The smallest absolute Gasteiger partial charge is 0.101 e. The van der Waals surface area contributed by atoms with Crippen molar-refractivity contribution in [3.63, 3.8) is 0 Å². The van der Waals surface area contributed by atoms with Crippen molar-refractivity contribution in [1.29, 1.82) is 15.8 Å². The van der Waals surface area contributed by atoms with Gasteiger partial charge in [-0.2, -0.15) is 15.8 Å². The lowest BCUT2D eigenvalue weighted by Crippen LogP contribution is -2.07. The van der Waals surface area contributed by atoms with Gasteiger partial charge in [-0.05, 0) is 91.1 Å². The van der Waals surface area contributed by atoms with Crippen LogP contribution in [0.4, 0.5) is 0 Å². The molecular weight excluding hydrogens is 635 g/mol. The predicted octanol–water partition coefficient (Wildman–Crippen LogP) is 11.2. The fourth-order valence-electron chi connectivity index (χ4n) is 7.58. The molecule has 6 aromatic rings. The lowest BCUT2D eigenvalue weighted by atomic mass is 9.89. The number of benzene rings is 4. The first-order valence-corrected chi connectivity index (χ1v) is 17.2. The lowest BCUT2D eigenvalue weighted by molar-refractivity contribution is 0.809. The van der Waals surface area contributed by atoms with Crippen LogP contribution in [-0.4, -0.2) is 9.13 Å². The zero-order valence-electron chi connectivity index (χ0n) is 29.1. The number of nitrogens with zero attached hydrogens (tertiary/aromatic N) is 5. The monoisotopic (exact) mass is 669 g/mol. The topological polar surface area (TPSA) is 81.2 Å². The zero-order valence-corrected chi connectivity index (χ0v) is 29.1. The second-order valence-corrected chi connectivity index (χ2v) is 12.7. The van der Waals surface area contributed by atoms with Crippen molar-refractivity contribution in [3.05, 3.63) is 179 Å². The van der Waals surface area contributed by atoms with Crippen molar-refractivity contribution in [1.82, 2.24) is 9.13 Å². The van der Waals surface area contributed by atoms with Crippen LogP contribution in [0.25, 0.3) is 56.5 Å². The molecule has 0 bridgehead atoms. The van der Waals surface area contributed by atoms with Crippen LogP contribution in [0.2, 0.25) is 0 Å². The Morgan fingerprint density at radius 3 is 2.38 bits per heavy atom. The number of fused-ring (bicyclic) bond motifs is 4. The van der Waals surface area contributed by atoms with Crippen molar-refractivity contribution in [2.24, 2.45) is 5.92 Å². The standard InChI is InChI=1S/C47H35N5/c1-5-8-17-38-31(4)51(44-20-10-9-18-40(38)44)47-35(30-50)15-12-19-41(47)39(13-6-2)37(7-3)34-14-11-16-36(27-34)52-45-23-21-32(28-48)25-42(45)43-26-33(29-49)22-24-46(43)52/h5-25,27,33H,1-2,26H2,3-4H3/b17-8-,37-7-,39-13+. The van der Waals surface area contributed by atoms with Gasteiger partial charge in [0, 0.05) is 39.0 Å². The van der Waals surface area contributed by atoms with Crippen LogP contribution in [0.5, 0.6) is 0 Å². The van der Waals surface area contributed by atoms with Gasteiger partial charge in [-0.25, -0.2) is 0 Å². The van der Waals surface area contributed by atoms with E-state index in [1.54, 1.807) is 12.2 Å². The number of hydrogen-bond donors (Lipinski definition) is 0. The molecule has 0 N–H and O–H groups in total. The zero-order chi connectivity index (χ0) is 36.4. The van der Waals surface area contributed by atoms with Crippen LogP contribution in [-0.2, 0) is 6.42 Å². The predicted molar refractivity (Wildman–Crippen MR) is 214 cm³/mol. The van der Waals surface area contributed by atoms with Crippen LogP contribution in [0, 0.1) is 46.8 Å². The molecule has 0 amide bonds. The summed E-state index contributed by atoms with van der Waals surface area (Å²) in [6.07, 6.45) is 16.3. The van der Waals surface area contributed by atoms with Gasteiger partial charge in [-0.3, -0.25) is 0 Å². The van der Waals surface area contributed by atoms with E-state index in [0.717, 1.165) is 78.0 Å². The van der Waals surface area contributed by atoms with E-state index in [1.807, 2.05) is 73.7 Å². The first-order chi connectivity index (χ1) is 25.5. The fraction of sp³-hybridized carbons (Fsp3) is 0.0851. The minimum absolute atomic E-state index is 0.224. The lowest BCUT2D eigenvalue weighted by Gasteiger charge is -2.21. The second-order valence-electron chi connectivity index (χ2n) is 12.7. The molecule has 0 aliphatic heterocycles. The largest absolute Gasteiger partial charge is 0.311 e. The third-order valence-corrected chi connectivity index (χ3v) is 9.83. The van der Waals surface area contributed by atoms with E-state index in [4.69, 9.17) is 0 Å². The Kier molecular flexibility index (Phi) is 8.99. The maximum Gasteiger partial charge on any atom is 0.101 e. The summed E-state index contributed by atoms with van der Waals surface area (Å²) >= 11 is 0. The maximum absolute atomic E-state index is 10.5. The SMILES string of the molecule is C=C/C=C\c1c(C)n(-c2c(C#N)cccc2C(=C/C=C)/C(=C\C)c2cccc(-n3c4c(c5cc(C#N)ccc53)CC(C#N)C=C4)c2)c2ccccc12. The number of aromatic nitrogens is 2. The Labute approximate surface area is 304 Å². The number of rotatable bonds is 8. The average Bonchev–Trinajstić information content (AvgIpc) is 3.66. The minimum atomic E-state index is -0.224. The molecule has 1 aliphatic rings. The van der Waals surface area contributed by atoms with Gasteiger partial charge < -0.3 is 9.13 Å². The van der Waals surface area contributed by atoms with Crippen LogP contribution in [0.1, 0.15) is 51.7 Å². The first-order valence-electron chi connectivity index (χ1n) is 17.2. The first kappa shape index (κ1) is 33.4. The normalized spacial score (nSPS) is 14.2. The third-order valence-electron chi connectivity index (χ3n) is 9.83. The van der Waals surface area contributed by atoms with Crippen LogP contribution in [0.15, 0.2) is 135 Å². The van der Waals surface area contributed by atoms with Crippen molar-refractivity contribution in [3.8, 4) is 29.6 Å². The molecule has 7 rings (SSSR count). The number of nitriles is 3. The van der Waals surface area contributed by atoms with Crippen molar-refractivity contribution in [2.45, 2.75) is 20.3 Å². The quantitative estimate of drug-likeness (QED) is 0.151. The number of hydrogen-bond acceptors (Lipinski definition) is 3. The molecule has 0 spiro atoms. The molecule has 52 heavy (non-hydrogen) atoms. The molecule has 2 aromatic heterocycles. The molecule has 0 fully saturated rings. The van der Waals surface area contributed by atoms with E-state index >= 15 is 0 Å². The number of allylic oxidation sites excluding steroid dienone is 8. The molecule has 1 aliphatic carbocycles. The van der Waals surface area contributed by atoms with Gasteiger partial charge in [-0.1, -0.05) is 98.2 Å². The molecular formula is C47H35N5. The molecule has 0 saturated carbocycles.